The summed E-state index contributed by atoms with van der Waals surface area (Å²) >= 11 is 0. The molecule has 4 heterocycles. The number of amides is 2. The molecule has 37 heavy (non-hydrogen) atoms. The number of fused-ring (bicyclic) bond motifs is 2. The van der Waals surface area contributed by atoms with E-state index in [9.17, 15) is 22.8 Å². The van der Waals surface area contributed by atoms with Crippen molar-refractivity contribution in [2.75, 3.05) is 56.2 Å². The molecule has 0 saturated carbocycles. The Kier molecular flexibility index (Phi) is 6.88. The summed E-state index contributed by atoms with van der Waals surface area (Å²) in [5.74, 6) is -0.159. The summed E-state index contributed by atoms with van der Waals surface area (Å²) in [6, 6.07) is 3.96. The second-order valence-corrected chi connectivity index (χ2v) is 9.94. The zero-order valence-electron chi connectivity index (χ0n) is 20.9. The third kappa shape index (κ3) is 5.17. The first-order valence-corrected chi connectivity index (χ1v) is 12.5. The molecule has 0 spiro atoms. The Balaban J connectivity index is 1.27. The Morgan fingerprint density at radius 1 is 1.11 bits per heavy atom. The number of alkyl halides is 3. The van der Waals surface area contributed by atoms with E-state index < -0.39 is 11.7 Å². The van der Waals surface area contributed by atoms with Gasteiger partial charge in [-0.15, -0.1) is 0 Å². The molecule has 12 heteroatoms. The van der Waals surface area contributed by atoms with Gasteiger partial charge in [0.2, 0.25) is 5.91 Å². The third-order valence-corrected chi connectivity index (χ3v) is 7.59. The minimum absolute atomic E-state index is 0.0939. The van der Waals surface area contributed by atoms with E-state index in [4.69, 9.17) is 4.74 Å². The number of benzene rings is 1. The van der Waals surface area contributed by atoms with Crippen molar-refractivity contribution in [3.8, 4) is 0 Å². The number of piperazine rings is 1. The molecule has 3 aliphatic rings. The van der Waals surface area contributed by atoms with Gasteiger partial charge in [-0.3, -0.25) is 9.69 Å². The van der Waals surface area contributed by atoms with Crippen LogP contribution < -0.4 is 9.80 Å². The van der Waals surface area contributed by atoms with E-state index in [0.717, 1.165) is 24.5 Å². The van der Waals surface area contributed by atoms with Crippen LogP contribution in [0.5, 0.6) is 0 Å². The second kappa shape index (κ2) is 9.97. The molecule has 200 valence electrons. The average molecular weight is 521 g/mol. The number of morpholine rings is 1. The first-order chi connectivity index (χ1) is 17.6. The minimum atomic E-state index is -4.41. The lowest BCUT2D eigenvalue weighted by molar-refractivity contribution is -0.137. The quantitative estimate of drug-likeness (QED) is 0.617. The number of rotatable bonds is 4. The predicted molar refractivity (Wildman–Crippen MR) is 131 cm³/mol. The van der Waals surface area contributed by atoms with E-state index in [1.165, 1.54) is 35.0 Å². The molecule has 3 saturated heterocycles. The second-order valence-electron chi connectivity index (χ2n) is 9.94. The smallest absolute Gasteiger partial charge is 0.377 e. The highest BCUT2D eigenvalue weighted by atomic mass is 19.4. The number of aromatic nitrogens is 2. The van der Waals surface area contributed by atoms with Crippen molar-refractivity contribution >= 4 is 23.3 Å². The Bertz CT molecular complexity index is 1140. The molecule has 1 aromatic heterocycles. The molecular weight excluding hydrogens is 489 g/mol. The molecule has 2 aromatic rings. The lowest BCUT2D eigenvalue weighted by atomic mass is 10.0. The van der Waals surface area contributed by atoms with E-state index in [-0.39, 0.29) is 24.0 Å². The van der Waals surface area contributed by atoms with Crippen molar-refractivity contribution in [2.45, 2.75) is 44.6 Å². The van der Waals surface area contributed by atoms with Gasteiger partial charge in [0, 0.05) is 52.4 Å². The number of carbonyl (C=O) groups is 2. The van der Waals surface area contributed by atoms with Crippen LogP contribution in [0.1, 0.15) is 30.9 Å². The van der Waals surface area contributed by atoms with E-state index >= 15 is 0 Å². The lowest BCUT2D eigenvalue weighted by Gasteiger charge is -2.39. The Hall–Kier alpha value is -3.12. The molecule has 2 unspecified atom stereocenters. The Labute approximate surface area is 213 Å². The molecule has 2 atom stereocenters. The highest BCUT2D eigenvalue weighted by molar-refractivity contribution is 5.91. The summed E-state index contributed by atoms with van der Waals surface area (Å²) in [6.45, 7) is 5.11. The number of hydrogen-bond acceptors (Lipinski definition) is 6. The lowest BCUT2D eigenvalue weighted by Crippen LogP contribution is -2.50. The van der Waals surface area contributed by atoms with Gasteiger partial charge in [0.1, 0.15) is 0 Å². The molecule has 2 amide bonds. The van der Waals surface area contributed by atoms with Crippen molar-refractivity contribution < 1.29 is 27.5 Å². The normalized spacial score (nSPS) is 22.4. The van der Waals surface area contributed by atoms with Crippen LogP contribution in [0.2, 0.25) is 0 Å². The number of anilines is 2. The van der Waals surface area contributed by atoms with Crippen LogP contribution in [0.25, 0.3) is 0 Å². The van der Waals surface area contributed by atoms with Gasteiger partial charge in [0.05, 0.1) is 48.9 Å². The van der Waals surface area contributed by atoms with Crippen LogP contribution in [0, 0.1) is 0 Å². The van der Waals surface area contributed by atoms with Crippen LogP contribution in [0.3, 0.4) is 0 Å². The van der Waals surface area contributed by atoms with Crippen LogP contribution >= 0.6 is 0 Å². The van der Waals surface area contributed by atoms with Crippen LogP contribution in [0.15, 0.2) is 30.6 Å². The van der Waals surface area contributed by atoms with Gasteiger partial charge in [-0.2, -0.15) is 23.0 Å². The number of nitrogens with zero attached hydrogens (tertiary/aromatic N) is 6. The van der Waals surface area contributed by atoms with E-state index in [2.05, 4.69) is 14.9 Å². The largest absolute Gasteiger partial charge is 0.416 e. The zero-order chi connectivity index (χ0) is 26.3. The molecule has 0 N–H and O–H groups in total. The summed E-state index contributed by atoms with van der Waals surface area (Å²) in [6.07, 6.45) is 0.425. The fourth-order valence-corrected chi connectivity index (χ4v) is 5.39. The number of halogens is 3. The summed E-state index contributed by atoms with van der Waals surface area (Å²) < 4.78 is 47.6. The first kappa shape index (κ1) is 25.5. The minimum Gasteiger partial charge on any atom is -0.377 e. The fraction of sp³-hybridized carbons (Fsp3) is 0.560. The van der Waals surface area contributed by atoms with Crippen molar-refractivity contribution in [1.82, 2.24) is 19.6 Å². The summed E-state index contributed by atoms with van der Waals surface area (Å²) in [5, 5.41) is 4.10. The van der Waals surface area contributed by atoms with Crippen molar-refractivity contribution in [3.63, 3.8) is 0 Å². The van der Waals surface area contributed by atoms with Gasteiger partial charge in [-0.1, -0.05) is 6.07 Å². The van der Waals surface area contributed by atoms with Gasteiger partial charge < -0.3 is 19.4 Å². The molecule has 3 fully saturated rings. The molecule has 1 aromatic carbocycles. The average Bonchev–Trinajstić information content (AvgIpc) is 3.45. The topological polar surface area (TPSA) is 74.2 Å². The molecule has 3 aliphatic heterocycles. The van der Waals surface area contributed by atoms with Gasteiger partial charge in [-0.05, 0) is 30.5 Å². The number of hydrogen-bond donors (Lipinski definition) is 0. The maximum absolute atomic E-state index is 13.6. The van der Waals surface area contributed by atoms with Gasteiger partial charge in [0.25, 0.3) is 0 Å². The maximum atomic E-state index is 13.6. The summed E-state index contributed by atoms with van der Waals surface area (Å²) in [4.78, 5) is 31.9. The van der Waals surface area contributed by atoms with E-state index in [1.807, 2.05) is 0 Å². The van der Waals surface area contributed by atoms with Crippen molar-refractivity contribution in [3.05, 3.63) is 41.7 Å². The zero-order valence-corrected chi connectivity index (χ0v) is 20.9. The molecule has 0 radical (unpaired) electrons. The monoisotopic (exact) mass is 520 g/mol. The third-order valence-electron chi connectivity index (χ3n) is 7.59. The highest BCUT2D eigenvalue weighted by Crippen LogP contribution is 2.40. The summed E-state index contributed by atoms with van der Waals surface area (Å²) in [5.41, 5.74) is 1.39. The van der Waals surface area contributed by atoms with Crippen LogP contribution in [-0.4, -0.2) is 90.0 Å². The van der Waals surface area contributed by atoms with E-state index in [0.29, 0.717) is 57.3 Å². The van der Waals surface area contributed by atoms with Crippen molar-refractivity contribution in [1.29, 1.82) is 0 Å². The maximum Gasteiger partial charge on any atom is 0.416 e. The summed E-state index contributed by atoms with van der Waals surface area (Å²) in [7, 11) is 1.62. The molecule has 2 bridgehead atoms. The number of ether oxygens (including phenoxy) is 1. The SMILES string of the molecule is CC(=O)N(C)c1cnn(C(=O)N2CCN(Cc3ccc(C(F)(F)F)cc3N3C4CCC3COC4)CC2)c1. The van der Waals surface area contributed by atoms with Gasteiger partial charge >= 0.3 is 12.2 Å². The Morgan fingerprint density at radius 3 is 2.41 bits per heavy atom. The van der Waals surface area contributed by atoms with Crippen molar-refractivity contribution in [2.24, 2.45) is 0 Å². The van der Waals surface area contributed by atoms with E-state index in [1.54, 1.807) is 18.0 Å². The molecular formula is C25H31F3N6O3. The molecule has 9 nitrogen and oxygen atoms in total. The van der Waals surface area contributed by atoms with Gasteiger partial charge in [0.15, 0.2) is 0 Å². The van der Waals surface area contributed by atoms with Gasteiger partial charge in [-0.25, -0.2) is 4.79 Å². The van der Waals surface area contributed by atoms with Crippen LogP contribution in [0.4, 0.5) is 29.3 Å². The predicted octanol–water partition coefficient (Wildman–Crippen LogP) is 3.04. The standard InChI is InChI=1S/C25H31F3N6O3/c1-17(35)30(2)22-12-29-33(14-22)24(36)32-9-7-31(8-10-32)13-18-3-4-19(25(26,27)28)11-23(18)34-20-5-6-21(34)16-37-15-20/h3-4,11-12,14,20-21H,5-10,13,15-16H2,1-2H3. The Morgan fingerprint density at radius 2 is 1.78 bits per heavy atom. The highest BCUT2D eigenvalue weighted by Gasteiger charge is 2.40. The first-order valence-electron chi connectivity index (χ1n) is 12.5. The van der Waals surface area contributed by atoms with Crippen LogP contribution in [-0.2, 0) is 22.3 Å². The molecule has 5 rings (SSSR count). The fourth-order valence-electron chi connectivity index (χ4n) is 5.39. The molecule has 0 aliphatic carbocycles. The number of carbonyl (C=O) groups excluding carboxylic acids is 2.